The number of ether oxygens (including phenoxy) is 1. The summed E-state index contributed by atoms with van der Waals surface area (Å²) in [5.74, 6) is 0.751. The number of benzene rings is 2. The lowest BCUT2D eigenvalue weighted by molar-refractivity contribution is -0.116. The first kappa shape index (κ1) is 21.7. The molecule has 1 aliphatic heterocycles. The maximum atomic E-state index is 13.3. The maximum absolute atomic E-state index is 13.3. The Labute approximate surface area is 195 Å². The van der Waals surface area contributed by atoms with E-state index in [2.05, 4.69) is 25.6 Å². The van der Waals surface area contributed by atoms with Crippen LogP contribution in [0.1, 0.15) is 43.0 Å². The van der Waals surface area contributed by atoms with Crippen LogP contribution >= 0.6 is 0 Å². The molecule has 2 aromatic carbocycles. The van der Waals surface area contributed by atoms with Crippen molar-refractivity contribution in [2.45, 2.75) is 39.2 Å². The van der Waals surface area contributed by atoms with Gasteiger partial charge in [-0.1, -0.05) is 18.2 Å². The summed E-state index contributed by atoms with van der Waals surface area (Å²) in [6, 6.07) is 13.7. The fourth-order valence-corrected chi connectivity index (χ4v) is 4.23. The number of hydrogen-bond acceptors (Lipinski definition) is 6. The number of amides is 1. The second-order valence-corrected chi connectivity index (χ2v) is 8.42. The third-order valence-corrected chi connectivity index (χ3v) is 5.64. The first-order valence-corrected chi connectivity index (χ1v) is 11.0. The topological polar surface area (TPSA) is 94.8 Å². The van der Waals surface area contributed by atoms with Crippen LogP contribution in [0.15, 0.2) is 54.7 Å². The Morgan fingerprint density at radius 2 is 1.91 bits per heavy atom. The Kier molecular flexibility index (Phi) is 5.53. The molecule has 0 saturated heterocycles. The molecule has 8 nitrogen and oxygen atoms in total. The summed E-state index contributed by atoms with van der Waals surface area (Å²) in [7, 11) is 0. The van der Waals surface area contributed by atoms with E-state index >= 15 is 0 Å². The van der Waals surface area contributed by atoms with Crippen LogP contribution in [-0.4, -0.2) is 37.0 Å². The van der Waals surface area contributed by atoms with Gasteiger partial charge in [-0.2, -0.15) is 14.9 Å². The highest BCUT2D eigenvalue weighted by Crippen LogP contribution is 2.43. The van der Waals surface area contributed by atoms with E-state index in [0.717, 1.165) is 22.6 Å². The van der Waals surface area contributed by atoms with Gasteiger partial charge in [0.15, 0.2) is 0 Å². The summed E-state index contributed by atoms with van der Waals surface area (Å²) in [5.41, 5.74) is 3.76. The molecule has 0 fully saturated rings. The summed E-state index contributed by atoms with van der Waals surface area (Å²) in [4.78, 5) is 17.3. The standard InChI is InChI=1S/C25H23FN6O2/c1-14(2)34-21-7-5-4-6-18(21)19-12-22(33)29-24-23(19)15(3)31-32(24)25-28-20(13-27-30-25)16-8-10-17(26)11-9-16/h4-11,13-14,19H,12H2,1-3H3,(H,29,33). The van der Waals surface area contributed by atoms with Crippen LogP contribution in [0.5, 0.6) is 5.75 Å². The molecule has 2 aromatic heterocycles. The quantitative estimate of drug-likeness (QED) is 0.475. The fraction of sp³-hybridized carbons (Fsp3) is 0.240. The van der Waals surface area contributed by atoms with Gasteiger partial charge in [-0.05, 0) is 51.1 Å². The summed E-state index contributed by atoms with van der Waals surface area (Å²) in [6.45, 7) is 5.83. The van der Waals surface area contributed by atoms with Crippen molar-refractivity contribution < 1.29 is 13.9 Å². The van der Waals surface area contributed by atoms with Gasteiger partial charge >= 0.3 is 0 Å². The molecule has 0 saturated carbocycles. The van der Waals surface area contributed by atoms with Crippen molar-refractivity contribution in [1.82, 2.24) is 25.0 Å². The van der Waals surface area contributed by atoms with E-state index in [0.29, 0.717) is 17.1 Å². The number of hydrogen-bond donors (Lipinski definition) is 1. The molecule has 0 aliphatic carbocycles. The molecule has 4 aromatic rings. The third kappa shape index (κ3) is 4.00. The van der Waals surface area contributed by atoms with Gasteiger partial charge in [0.05, 0.1) is 23.7 Å². The van der Waals surface area contributed by atoms with Gasteiger partial charge in [0.2, 0.25) is 5.91 Å². The van der Waals surface area contributed by atoms with Gasteiger partial charge in [-0.15, -0.1) is 5.10 Å². The van der Waals surface area contributed by atoms with E-state index < -0.39 is 0 Å². The molecule has 1 aliphatic rings. The van der Waals surface area contributed by atoms with Crippen molar-refractivity contribution in [3.8, 4) is 23.0 Å². The third-order valence-electron chi connectivity index (χ3n) is 5.64. The lowest BCUT2D eigenvalue weighted by atomic mass is 9.85. The van der Waals surface area contributed by atoms with Gasteiger partial charge in [0.1, 0.15) is 17.4 Å². The molecule has 0 bridgehead atoms. The minimum absolute atomic E-state index is 0.00414. The van der Waals surface area contributed by atoms with Crippen molar-refractivity contribution in [3.63, 3.8) is 0 Å². The van der Waals surface area contributed by atoms with E-state index in [-0.39, 0.29) is 36.1 Å². The summed E-state index contributed by atoms with van der Waals surface area (Å²) in [6.07, 6.45) is 1.77. The SMILES string of the molecule is Cc1nn(-c2nncc(-c3ccc(F)cc3)n2)c2c1C(c1ccccc1OC(C)C)CC(=O)N2. The average Bonchev–Trinajstić information content (AvgIpc) is 3.15. The molecule has 0 radical (unpaired) electrons. The Bertz CT molecular complexity index is 1370. The number of nitrogens with one attached hydrogen (secondary N) is 1. The molecular weight excluding hydrogens is 435 g/mol. The number of para-hydroxylation sites is 1. The van der Waals surface area contributed by atoms with Crippen LogP contribution in [0.3, 0.4) is 0 Å². The lowest BCUT2D eigenvalue weighted by Gasteiger charge is -2.26. The Hall–Kier alpha value is -4.14. The smallest absolute Gasteiger partial charge is 0.272 e. The number of rotatable bonds is 5. The van der Waals surface area contributed by atoms with Gasteiger partial charge < -0.3 is 10.1 Å². The molecule has 9 heteroatoms. The van der Waals surface area contributed by atoms with Gasteiger partial charge in [-0.3, -0.25) is 4.79 Å². The largest absolute Gasteiger partial charge is 0.491 e. The number of fused-ring (bicyclic) bond motifs is 1. The van der Waals surface area contributed by atoms with Crippen LogP contribution in [-0.2, 0) is 4.79 Å². The first-order valence-electron chi connectivity index (χ1n) is 11.0. The average molecular weight is 458 g/mol. The number of nitrogens with zero attached hydrogens (tertiary/aromatic N) is 5. The van der Waals surface area contributed by atoms with E-state index in [1.54, 1.807) is 12.1 Å². The van der Waals surface area contributed by atoms with Crippen LogP contribution < -0.4 is 10.1 Å². The van der Waals surface area contributed by atoms with Crippen molar-refractivity contribution in [2.75, 3.05) is 5.32 Å². The van der Waals surface area contributed by atoms with E-state index in [4.69, 9.17) is 4.74 Å². The monoisotopic (exact) mass is 458 g/mol. The van der Waals surface area contributed by atoms with Crippen LogP contribution in [0, 0.1) is 12.7 Å². The number of anilines is 1. The zero-order chi connectivity index (χ0) is 23.8. The molecule has 1 unspecified atom stereocenters. The Morgan fingerprint density at radius 3 is 2.68 bits per heavy atom. The fourth-order valence-electron chi connectivity index (χ4n) is 4.23. The number of aryl methyl sites for hydroxylation is 1. The minimum atomic E-state index is -0.335. The molecule has 34 heavy (non-hydrogen) atoms. The van der Waals surface area contributed by atoms with Crippen LogP contribution in [0.25, 0.3) is 17.2 Å². The van der Waals surface area contributed by atoms with Crippen molar-refractivity contribution in [3.05, 3.63) is 77.4 Å². The van der Waals surface area contributed by atoms with E-state index in [9.17, 15) is 9.18 Å². The molecule has 1 amide bonds. The molecule has 1 atom stereocenters. The number of halogens is 1. The van der Waals surface area contributed by atoms with Crippen molar-refractivity contribution in [2.24, 2.45) is 0 Å². The van der Waals surface area contributed by atoms with Gasteiger partial charge in [-0.25, -0.2) is 9.37 Å². The second kappa shape index (κ2) is 8.66. The molecule has 5 rings (SSSR count). The minimum Gasteiger partial charge on any atom is -0.491 e. The predicted molar refractivity (Wildman–Crippen MR) is 124 cm³/mol. The molecule has 1 N–H and O–H groups in total. The van der Waals surface area contributed by atoms with Crippen LogP contribution in [0.4, 0.5) is 10.2 Å². The van der Waals surface area contributed by atoms with Crippen molar-refractivity contribution >= 4 is 11.7 Å². The van der Waals surface area contributed by atoms with E-state index in [1.165, 1.54) is 23.0 Å². The Morgan fingerprint density at radius 1 is 1.15 bits per heavy atom. The zero-order valence-corrected chi connectivity index (χ0v) is 19.0. The first-order chi connectivity index (χ1) is 16.4. The summed E-state index contributed by atoms with van der Waals surface area (Å²) < 4.78 is 20.9. The highest BCUT2D eigenvalue weighted by Gasteiger charge is 2.34. The van der Waals surface area contributed by atoms with Crippen molar-refractivity contribution in [1.29, 1.82) is 0 Å². The highest BCUT2D eigenvalue weighted by atomic mass is 19.1. The Balaban J connectivity index is 1.60. The lowest BCUT2D eigenvalue weighted by Crippen LogP contribution is -2.25. The predicted octanol–water partition coefficient (Wildman–Crippen LogP) is 4.43. The summed E-state index contributed by atoms with van der Waals surface area (Å²) >= 11 is 0. The molecule has 0 spiro atoms. The number of aromatic nitrogens is 5. The second-order valence-electron chi connectivity index (χ2n) is 8.42. The number of carbonyl (C=O) groups is 1. The highest BCUT2D eigenvalue weighted by molar-refractivity contribution is 5.95. The van der Waals surface area contributed by atoms with Gasteiger partial charge in [0, 0.05) is 29.0 Å². The zero-order valence-electron chi connectivity index (χ0n) is 19.0. The molecule has 3 heterocycles. The molecule has 172 valence electrons. The maximum Gasteiger partial charge on any atom is 0.272 e. The summed E-state index contributed by atoms with van der Waals surface area (Å²) in [5, 5.41) is 15.8. The number of carbonyl (C=O) groups excluding carboxylic acids is 1. The van der Waals surface area contributed by atoms with Crippen LogP contribution in [0.2, 0.25) is 0 Å². The molecular formula is C25H23FN6O2. The van der Waals surface area contributed by atoms with E-state index in [1.807, 2.05) is 45.0 Å². The van der Waals surface area contributed by atoms with Gasteiger partial charge in [0.25, 0.3) is 5.95 Å². The normalized spacial score (nSPS) is 15.2.